The Morgan fingerprint density at radius 1 is 1.29 bits per heavy atom. The summed E-state index contributed by atoms with van der Waals surface area (Å²) in [6.45, 7) is 2.17. The Hall–Kier alpha value is -1.38. The van der Waals surface area contributed by atoms with Gasteiger partial charge in [0.05, 0.1) is 11.3 Å². The zero-order chi connectivity index (χ0) is 17.5. The van der Waals surface area contributed by atoms with Gasteiger partial charge in [0, 0.05) is 17.5 Å². The minimum absolute atomic E-state index is 0.146. The third-order valence-electron chi connectivity index (χ3n) is 4.18. The quantitative estimate of drug-likeness (QED) is 0.806. The van der Waals surface area contributed by atoms with E-state index < -0.39 is 27.5 Å². The van der Waals surface area contributed by atoms with Gasteiger partial charge in [0.25, 0.3) is 0 Å². The van der Waals surface area contributed by atoms with Crippen LogP contribution in [0.5, 0.6) is 0 Å². The first kappa shape index (κ1) is 17.4. The summed E-state index contributed by atoms with van der Waals surface area (Å²) in [6, 6.07) is 6.12. The van der Waals surface area contributed by atoms with Crippen LogP contribution in [0.3, 0.4) is 0 Å². The maximum Gasteiger partial charge on any atom is 0.416 e. The van der Waals surface area contributed by atoms with E-state index in [9.17, 15) is 21.6 Å². The molecule has 0 bridgehead atoms. The molecule has 1 aliphatic heterocycles. The molecule has 0 saturated heterocycles. The van der Waals surface area contributed by atoms with Gasteiger partial charge in [-0.2, -0.15) is 17.5 Å². The van der Waals surface area contributed by atoms with E-state index in [-0.39, 0.29) is 11.6 Å². The van der Waals surface area contributed by atoms with Crippen LogP contribution in [0.1, 0.15) is 34.5 Å². The molecule has 130 valence electrons. The van der Waals surface area contributed by atoms with Gasteiger partial charge in [0.2, 0.25) is 10.0 Å². The molecule has 0 N–H and O–H groups in total. The van der Waals surface area contributed by atoms with E-state index in [0.717, 1.165) is 17.7 Å². The van der Waals surface area contributed by atoms with Crippen molar-refractivity contribution in [2.75, 3.05) is 6.54 Å². The molecule has 1 aromatic carbocycles. The number of alkyl halides is 3. The Bertz CT molecular complexity index is 843. The molecule has 3 rings (SSSR count). The lowest BCUT2D eigenvalue weighted by Gasteiger charge is -2.32. The first-order valence-electron chi connectivity index (χ1n) is 7.40. The molecular weight excluding hydrogens is 359 g/mol. The molecule has 8 heteroatoms. The highest BCUT2D eigenvalue weighted by Crippen LogP contribution is 2.35. The molecule has 1 atom stereocenters. The second-order valence-electron chi connectivity index (χ2n) is 5.79. The number of thiophene rings is 1. The van der Waals surface area contributed by atoms with Gasteiger partial charge >= 0.3 is 6.18 Å². The number of rotatable bonds is 3. The second-order valence-corrected chi connectivity index (χ2v) is 8.71. The summed E-state index contributed by atoms with van der Waals surface area (Å²) < 4.78 is 65.2. The molecule has 0 radical (unpaired) electrons. The average molecular weight is 375 g/mol. The fraction of sp³-hybridized carbons (Fsp3) is 0.375. The normalized spacial score (nSPS) is 19.2. The van der Waals surface area contributed by atoms with Crippen LogP contribution in [-0.4, -0.2) is 19.3 Å². The number of nitrogens with zero attached hydrogens (tertiary/aromatic N) is 1. The summed E-state index contributed by atoms with van der Waals surface area (Å²) in [4.78, 5) is 1.17. The summed E-state index contributed by atoms with van der Waals surface area (Å²) in [6.07, 6.45) is -3.84. The second kappa shape index (κ2) is 6.16. The molecule has 1 aromatic heterocycles. The minimum atomic E-state index is -4.48. The molecular formula is C16H16F3NO2S2. The predicted molar refractivity (Wildman–Crippen MR) is 87.2 cm³/mol. The zero-order valence-electron chi connectivity index (χ0n) is 12.9. The fourth-order valence-corrected chi connectivity index (χ4v) is 5.69. The van der Waals surface area contributed by atoms with Crippen LogP contribution in [0, 0.1) is 0 Å². The van der Waals surface area contributed by atoms with Crippen LogP contribution < -0.4 is 0 Å². The highest BCUT2D eigenvalue weighted by molar-refractivity contribution is 7.88. The lowest BCUT2D eigenvalue weighted by Crippen LogP contribution is -2.38. The SMILES string of the molecule is CC1c2ccsc2CCN1S(=O)(=O)Cc1cccc(C(F)(F)F)c1. The smallest absolute Gasteiger partial charge is 0.212 e. The van der Waals surface area contributed by atoms with Crippen molar-refractivity contribution in [1.29, 1.82) is 0 Å². The Morgan fingerprint density at radius 2 is 2.04 bits per heavy atom. The zero-order valence-corrected chi connectivity index (χ0v) is 14.5. The van der Waals surface area contributed by atoms with E-state index in [2.05, 4.69) is 0 Å². The van der Waals surface area contributed by atoms with Crippen molar-refractivity contribution in [1.82, 2.24) is 4.31 Å². The van der Waals surface area contributed by atoms with Gasteiger partial charge in [-0.05, 0) is 42.0 Å². The van der Waals surface area contributed by atoms with Gasteiger partial charge in [-0.25, -0.2) is 8.42 Å². The van der Waals surface area contributed by atoms with Gasteiger partial charge in [-0.1, -0.05) is 18.2 Å². The summed E-state index contributed by atoms with van der Waals surface area (Å²) in [5.74, 6) is -0.430. The van der Waals surface area contributed by atoms with Gasteiger partial charge in [-0.3, -0.25) is 0 Å². The Balaban J connectivity index is 1.85. The Kier molecular flexibility index (Phi) is 4.48. The minimum Gasteiger partial charge on any atom is -0.212 e. The third kappa shape index (κ3) is 3.36. The third-order valence-corrected chi connectivity index (χ3v) is 7.09. The Labute approximate surface area is 142 Å². The molecule has 0 saturated carbocycles. The lowest BCUT2D eigenvalue weighted by atomic mass is 10.0. The van der Waals surface area contributed by atoms with Crippen molar-refractivity contribution in [3.05, 3.63) is 57.3 Å². The standard InChI is InChI=1S/C16H16F3NO2S2/c1-11-14-6-8-23-15(14)5-7-20(11)24(21,22)10-12-3-2-4-13(9-12)16(17,18)19/h2-4,6,8-9,11H,5,7,10H2,1H3. The van der Waals surface area contributed by atoms with Gasteiger partial charge in [-0.15, -0.1) is 11.3 Å². The van der Waals surface area contributed by atoms with Crippen molar-refractivity contribution in [3.8, 4) is 0 Å². The van der Waals surface area contributed by atoms with Crippen molar-refractivity contribution in [2.24, 2.45) is 0 Å². The molecule has 3 nitrogen and oxygen atoms in total. The van der Waals surface area contributed by atoms with E-state index in [1.807, 2.05) is 18.4 Å². The first-order valence-corrected chi connectivity index (χ1v) is 9.89. The van der Waals surface area contributed by atoms with Crippen LogP contribution in [-0.2, 0) is 28.4 Å². The van der Waals surface area contributed by atoms with Crippen LogP contribution in [0.2, 0.25) is 0 Å². The first-order chi connectivity index (χ1) is 11.2. The molecule has 0 fully saturated rings. The fourth-order valence-electron chi connectivity index (χ4n) is 3.00. The molecule has 0 aliphatic carbocycles. The van der Waals surface area contributed by atoms with E-state index in [1.165, 1.54) is 21.3 Å². The average Bonchev–Trinajstić information content (AvgIpc) is 2.95. The summed E-state index contributed by atoms with van der Waals surface area (Å²) >= 11 is 1.60. The largest absolute Gasteiger partial charge is 0.416 e. The highest BCUT2D eigenvalue weighted by atomic mass is 32.2. The van der Waals surface area contributed by atoms with Crippen LogP contribution in [0.4, 0.5) is 13.2 Å². The number of hydrogen-bond donors (Lipinski definition) is 0. The number of sulfonamides is 1. The number of fused-ring (bicyclic) bond motifs is 1. The van der Waals surface area contributed by atoms with Crippen LogP contribution in [0.15, 0.2) is 35.7 Å². The molecule has 1 unspecified atom stereocenters. The van der Waals surface area contributed by atoms with Gasteiger partial charge in [0.1, 0.15) is 0 Å². The maximum absolute atomic E-state index is 12.8. The van der Waals surface area contributed by atoms with E-state index in [4.69, 9.17) is 0 Å². The molecule has 2 aromatic rings. The predicted octanol–water partition coefficient (Wildman–Crippen LogP) is 4.22. The van der Waals surface area contributed by atoms with Crippen molar-refractivity contribution in [3.63, 3.8) is 0 Å². The number of halogens is 3. The van der Waals surface area contributed by atoms with Crippen molar-refractivity contribution >= 4 is 21.4 Å². The number of benzene rings is 1. The molecule has 1 aliphatic rings. The summed E-state index contributed by atoms with van der Waals surface area (Å²) in [7, 11) is -3.70. The monoisotopic (exact) mass is 375 g/mol. The maximum atomic E-state index is 12.8. The highest BCUT2D eigenvalue weighted by Gasteiger charge is 2.34. The topological polar surface area (TPSA) is 37.4 Å². The van der Waals surface area contributed by atoms with Crippen molar-refractivity contribution < 1.29 is 21.6 Å². The van der Waals surface area contributed by atoms with E-state index >= 15 is 0 Å². The summed E-state index contributed by atoms with van der Waals surface area (Å²) in [5.41, 5.74) is 0.300. The molecule has 2 heterocycles. The molecule has 24 heavy (non-hydrogen) atoms. The lowest BCUT2D eigenvalue weighted by molar-refractivity contribution is -0.137. The van der Waals surface area contributed by atoms with E-state index in [0.29, 0.717) is 13.0 Å². The number of hydrogen-bond acceptors (Lipinski definition) is 3. The molecule has 0 amide bonds. The van der Waals surface area contributed by atoms with Gasteiger partial charge < -0.3 is 0 Å². The summed E-state index contributed by atoms with van der Waals surface area (Å²) in [5, 5.41) is 1.93. The van der Waals surface area contributed by atoms with Crippen molar-refractivity contribution in [2.45, 2.75) is 31.3 Å². The van der Waals surface area contributed by atoms with Crippen LogP contribution in [0.25, 0.3) is 0 Å². The van der Waals surface area contributed by atoms with E-state index in [1.54, 1.807) is 11.3 Å². The molecule has 0 spiro atoms. The van der Waals surface area contributed by atoms with Gasteiger partial charge in [0.15, 0.2) is 0 Å². The Morgan fingerprint density at radius 3 is 2.75 bits per heavy atom. The van der Waals surface area contributed by atoms with Crippen LogP contribution >= 0.6 is 11.3 Å².